The van der Waals surface area contributed by atoms with E-state index >= 15 is 0 Å². The van der Waals surface area contributed by atoms with Gasteiger partial charge < -0.3 is 0 Å². The van der Waals surface area contributed by atoms with E-state index in [9.17, 15) is 4.79 Å². The van der Waals surface area contributed by atoms with Crippen molar-refractivity contribution in [3.8, 4) is 0 Å². The van der Waals surface area contributed by atoms with Crippen molar-refractivity contribution in [2.75, 3.05) is 0 Å². The standard InChI is InChI=1S/C16H22O/c1-13(17)16-10-6-9-15(12-16)11-14-7-4-2-3-5-8-14/h6,9-10,12,14H,2-5,7-8,11H2,1H3. The first-order chi connectivity index (χ1) is 8.25. The van der Waals surface area contributed by atoms with Crippen LogP contribution in [0.25, 0.3) is 0 Å². The third-order valence-electron chi connectivity index (χ3n) is 3.83. The summed E-state index contributed by atoms with van der Waals surface area (Å²) in [5.74, 6) is 1.01. The first-order valence-electron chi connectivity index (χ1n) is 6.85. The van der Waals surface area contributed by atoms with Crippen LogP contribution in [0.4, 0.5) is 0 Å². The average Bonchev–Trinajstić information content (AvgIpc) is 2.58. The van der Waals surface area contributed by atoms with Crippen molar-refractivity contribution >= 4 is 5.78 Å². The molecule has 0 unspecified atom stereocenters. The van der Waals surface area contributed by atoms with Gasteiger partial charge in [0.05, 0.1) is 0 Å². The van der Waals surface area contributed by atoms with Gasteiger partial charge in [0.2, 0.25) is 0 Å². The van der Waals surface area contributed by atoms with Gasteiger partial charge in [-0.25, -0.2) is 0 Å². The second-order valence-electron chi connectivity index (χ2n) is 5.32. The molecule has 1 aromatic rings. The van der Waals surface area contributed by atoms with Gasteiger partial charge in [0.15, 0.2) is 5.78 Å². The maximum absolute atomic E-state index is 11.3. The molecular weight excluding hydrogens is 208 g/mol. The second-order valence-corrected chi connectivity index (χ2v) is 5.32. The molecule has 0 saturated heterocycles. The number of rotatable bonds is 3. The Morgan fingerprint density at radius 2 is 1.88 bits per heavy atom. The lowest BCUT2D eigenvalue weighted by Gasteiger charge is -2.14. The molecule has 0 radical (unpaired) electrons. The minimum atomic E-state index is 0.174. The van der Waals surface area contributed by atoms with Crippen LogP contribution in [0, 0.1) is 5.92 Å². The van der Waals surface area contributed by atoms with Crippen LogP contribution in [0.15, 0.2) is 24.3 Å². The van der Waals surface area contributed by atoms with Crippen LogP contribution in [0.3, 0.4) is 0 Å². The second kappa shape index (κ2) is 6.00. The Hall–Kier alpha value is -1.11. The zero-order valence-electron chi connectivity index (χ0n) is 10.7. The summed E-state index contributed by atoms with van der Waals surface area (Å²) in [5, 5.41) is 0. The van der Waals surface area contributed by atoms with Crippen molar-refractivity contribution in [2.45, 2.75) is 51.9 Å². The molecule has 0 heterocycles. The Balaban J connectivity index is 2.01. The van der Waals surface area contributed by atoms with Crippen molar-refractivity contribution in [3.05, 3.63) is 35.4 Å². The van der Waals surface area contributed by atoms with Gasteiger partial charge in [-0.05, 0) is 30.9 Å². The maximum Gasteiger partial charge on any atom is 0.159 e. The molecule has 1 aromatic carbocycles. The predicted octanol–water partition coefficient (Wildman–Crippen LogP) is 4.40. The molecule has 0 bridgehead atoms. The summed E-state index contributed by atoms with van der Waals surface area (Å²) < 4.78 is 0. The van der Waals surface area contributed by atoms with E-state index < -0.39 is 0 Å². The maximum atomic E-state index is 11.3. The van der Waals surface area contributed by atoms with Crippen molar-refractivity contribution < 1.29 is 4.79 Å². The summed E-state index contributed by atoms with van der Waals surface area (Å²) in [5.41, 5.74) is 2.20. The minimum absolute atomic E-state index is 0.174. The Bertz CT molecular complexity index is 373. The molecule has 2 rings (SSSR count). The zero-order chi connectivity index (χ0) is 12.1. The van der Waals surface area contributed by atoms with Gasteiger partial charge in [0.1, 0.15) is 0 Å². The highest BCUT2D eigenvalue weighted by molar-refractivity contribution is 5.94. The van der Waals surface area contributed by atoms with Crippen LogP contribution in [0.1, 0.15) is 61.4 Å². The summed E-state index contributed by atoms with van der Waals surface area (Å²) >= 11 is 0. The van der Waals surface area contributed by atoms with E-state index in [4.69, 9.17) is 0 Å². The van der Waals surface area contributed by atoms with Crippen LogP contribution < -0.4 is 0 Å². The fourth-order valence-electron chi connectivity index (χ4n) is 2.82. The fourth-order valence-corrected chi connectivity index (χ4v) is 2.82. The predicted molar refractivity (Wildman–Crippen MR) is 71.3 cm³/mol. The van der Waals surface area contributed by atoms with E-state index in [1.807, 2.05) is 12.1 Å². The van der Waals surface area contributed by atoms with Gasteiger partial charge in [0, 0.05) is 5.56 Å². The van der Waals surface area contributed by atoms with Crippen LogP contribution in [0.5, 0.6) is 0 Å². The SMILES string of the molecule is CC(=O)c1cccc(CC2CCCCCC2)c1. The molecule has 0 aliphatic heterocycles. The Morgan fingerprint density at radius 3 is 2.53 bits per heavy atom. The summed E-state index contributed by atoms with van der Waals surface area (Å²) in [6.07, 6.45) is 9.47. The molecule has 0 aromatic heterocycles. The normalized spacial score (nSPS) is 17.7. The first kappa shape index (κ1) is 12.3. The van der Waals surface area contributed by atoms with Crippen LogP contribution in [-0.4, -0.2) is 5.78 Å². The number of Topliss-reactive ketones (excluding diaryl/α,β-unsaturated/α-hetero) is 1. The molecule has 0 spiro atoms. The number of ketones is 1. The largest absolute Gasteiger partial charge is 0.295 e. The highest BCUT2D eigenvalue weighted by Gasteiger charge is 2.13. The van der Waals surface area contributed by atoms with E-state index in [2.05, 4.69) is 12.1 Å². The number of hydrogen-bond acceptors (Lipinski definition) is 1. The minimum Gasteiger partial charge on any atom is -0.295 e. The Morgan fingerprint density at radius 1 is 1.18 bits per heavy atom. The van der Waals surface area contributed by atoms with Crippen LogP contribution in [-0.2, 0) is 6.42 Å². The molecular formula is C16H22O. The molecule has 0 amide bonds. The third kappa shape index (κ3) is 3.69. The number of hydrogen-bond donors (Lipinski definition) is 0. The van der Waals surface area contributed by atoms with Gasteiger partial charge in [-0.1, -0.05) is 56.7 Å². The molecule has 0 N–H and O–H groups in total. The number of carbonyl (C=O) groups is 1. The molecule has 1 saturated carbocycles. The lowest BCUT2D eigenvalue weighted by molar-refractivity contribution is 0.101. The lowest BCUT2D eigenvalue weighted by atomic mass is 9.91. The summed E-state index contributed by atoms with van der Waals surface area (Å²) in [6.45, 7) is 1.64. The van der Waals surface area contributed by atoms with E-state index in [1.165, 1.54) is 44.1 Å². The number of carbonyl (C=O) groups excluding carboxylic acids is 1. The fraction of sp³-hybridized carbons (Fsp3) is 0.562. The monoisotopic (exact) mass is 230 g/mol. The highest BCUT2D eigenvalue weighted by Crippen LogP contribution is 2.26. The summed E-state index contributed by atoms with van der Waals surface area (Å²) in [4.78, 5) is 11.3. The number of benzene rings is 1. The summed E-state index contributed by atoms with van der Waals surface area (Å²) in [6, 6.07) is 8.17. The highest BCUT2D eigenvalue weighted by atomic mass is 16.1. The average molecular weight is 230 g/mol. The Labute approximate surface area is 104 Å². The molecule has 1 aliphatic carbocycles. The van der Waals surface area contributed by atoms with E-state index in [0.717, 1.165) is 17.9 Å². The van der Waals surface area contributed by atoms with Gasteiger partial charge in [-0.15, -0.1) is 0 Å². The van der Waals surface area contributed by atoms with Crippen molar-refractivity contribution in [1.29, 1.82) is 0 Å². The molecule has 1 nitrogen and oxygen atoms in total. The van der Waals surface area contributed by atoms with E-state index in [0.29, 0.717) is 0 Å². The summed E-state index contributed by atoms with van der Waals surface area (Å²) in [7, 11) is 0. The molecule has 1 aliphatic rings. The van der Waals surface area contributed by atoms with Crippen molar-refractivity contribution in [2.24, 2.45) is 5.92 Å². The molecule has 92 valence electrons. The van der Waals surface area contributed by atoms with E-state index in [-0.39, 0.29) is 5.78 Å². The topological polar surface area (TPSA) is 17.1 Å². The first-order valence-corrected chi connectivity index (χ1v) is 6.85. The van der Waals surface area contributed by atoms with Crippen molar-refractivity contribution in [1.82, 2.24) is 0 Å². The lowest BCUT2D eigenvalue weighted by Crippen LogP contribution is -2.04. The quantitative estimate of drug-likeness (QED) is 0.555. The molecule has 1 heteroatoms. The third-order valence-corrected chi connectivity index (χ3v) is 3.83. The van der Waals surface area contributed by atoms with Crippen LogP contribution >= 0.6 is 0 Å². The van der Waals surface area contributed by atoms with Gasteiger partial charge >= 0.3 is 0 Å². The molecule has 1 fully saturated rings. The van der Waals surface area contributed by atoms with Gasteiger partial charge in [-0.3, -0.25) is 4.79 Å². The molecule has 0 atom stereocenters. The van der Waals surface area contributed by atoms with Crippen LogP contribution in [0.2, 0.25) is 0 Å². The smallest absolute Gasteiger partial charge is 0.159 e. The van der Waals surface area contributed by atoms with Gasteiger partial charge in [0.25, 0.3) is 0 Å². The molecule has 17 heavy (non-hydrogen) atoms. The van der Waals surface area contributed by atoms with Gasteiger partial charge in [-0.2, -0.15) is 0 Å². The van der Waals surface area contributed by atoms with Crippen molar-refractivity contribution in [3.63, 3.8) is 0 Å². The zero-order valence-corrected chi connectivity index (χ0v) is 10.7. The van der Waals surface area contributed by atoms with E-state index in [1.54, 1.807) is 6.92 Å². The Kier molecular flexibility index (Phi) is 4.36.